The van der Waals surface area contributed by atoms with Gasteiger partial charge in [-0.15, -0.1) is 11.3 Å². The van der Waals surface area contributed by atoms with Crippen LogP contribution in [0.3, 0.4) is 0 Å². The van der Waals surface area contributed by atoms with Crippen molar-refractivity contribution in [2.75, 3.05) is 0 Å². The highest BCUT2D eigenvalue weighted by Gasteiger charge is 2.28. The third kappa shape index (κ3) is 3.33. The van der Waals surface area contributed by atoms with Crippen molar-refractivity contribution in [3.63, 3.8) is 0 Å². The number of carbonyl (C=O) groups excluding carboxylic acids is 3. The van der Waals surface area contributed by atoms with Gasteiger partial charge in [-0.3, -0.25) is 19.7 Å². The molecule has 5 nitrogen and oxygen atoms in total. The number of hydrogen-bond acceptors (Lipinski definition) is 4. The van der Waals surface area contributed by atoms with Crippen LogP contribution >= 0.6 is 11.3 Å². The Morgan fingerprint density at radius 3 is 2.53 bits per heavy atom. The number of fused-ring (bicyclic) bond motifs is 2. The Balaban J connectivity index is 1.47. The molecule has 2 aromatic carbocycles. The first-order valence-corrected chi connectivity index (χ1v) is 10.9. The Morgan fingerprint density at radius 1 is 0.933 bits per heavy atom. The molecule has 0 saturated carbocycles. The Kier molecular flexibility index (Phi) is 4.71. The molecule has 1 aromatic heterocycles. The molecule has 6 heteroatoms. The fourth-order valence-electron chi connectivity index (χ4n) is 4.23. The van der Waals surface area contributed by atoms with E-state index in [-0.39, 0.29) is 17.5 Å². The SMILES string of the molecule is O=C(NC(c1ccc2c(c1)CCCC2)c1cccs1)c1ccc2c(c1)C(=O)NC2=O. The van der Waals surface area contributed by atoms with Crippen molar-refractivity contribution in [3.05, 3.63) is 92.2 Å². The molecule has 0 fully saturated rings. The lowest BCUT2D eigenvalue weighted by Gasteiger charge is -2.22. The van der Waals surface area contributed by atoms with Crippen LogP contribution in [0.1, 0.15) is 71.5 Å². The van der Waals surface area contributed by atoms with Gasteiger partial charge in [-0.1, -0.05) is 24.3 Å². The van der Waals surface area contributed by atoms with Gasteiger partial charge >= 0.3 is 0 Å². The molecule has 0 spiro atoms. The van der Waals surface area contributed by atoms with Crippen LogP contribution in [-0.2, 0) is 12.8 Å². The summed E-state index contributed by atoms with van der Waals surface area (Å²) in [6.45, 7) is 0. The normalized spacial score (nSPS) is 15.9. The Labute approximate surface area is 178 Å². The minimum Gasteiger partial charge on any atom is -0.340 e. The van der Waals surface area contributed by atoms with E-state index in [2.05, 4.69) is 28.8 Å². The standard InChI is InChI=1S/C24H20N2O3S/c27-22(17-9-10-18-19(13-17)24(29)26-23(18)28)25-21(20-6-3-11-30-20)16-8-7-14-4-1-2-5-15(14)12-16/h3,6-13,21H,1-2,4-5H2,(H,25,27)(H,26,28,29). The van der Waals surface area contributed by atoms with E-state index in [0.29, 0.717) is 11.1 Å². The van der Waals surface area contributed by atoms with Crippen molar-refractivity contribution >= 4 is 29.1 Å². The van der Waals surface area contributed by atoms with E-state index in [1.807, 2.05) is 17.5 Å². The third-order valence-corrected chi connectivity index (χ3v) is 6.74. The number of thiophene rings is 1. The zero-order chi connectivity index (χ0) is 20.7. The van der Waals surface area contributed by atoms with E-state index < -0.39 is 11.8 Å². The molecule has 2 aliphatic rings. The quantitative estimate of drug-likeness (QED) is 0.631. The topological polar surface area (TPSA) is 75.3 Å². The summed E-state index contributed by atoms with van der Waals surface area (Å²) in [5, 5.41) is 7.39. The number of rotatable bonds is 4. The average Bonchev–Trinajstić information content (AvgIpc) is 3.40. The summed E-state index contributed by atoms with van der Waals surface area (Å²) >= 11 is 1.60. The van der Waals surface area contributed by atoms with Crippen LogP contribution in [-0.4, -0.2) is 17.7 Å². The average molecular weight is 417 g/mol. The van der Waals surface area contributed by atoms with Gasteiger partial charge in [0.25, 0.3) is 17.7 Å². The van der Waals surface area contributed by atoms with Crippen molar-refractivity contribution in [3.8, 4) is 0 Å². The fraction of sp³-hybridized carbons (Fsp3) is 0.208. The fourth-order valence-corrected chi connectivity index (χ4v) is 5.03. The number of amides is 3. The van der Waals surface area contributed by atoms with Gasteiger partial charge in [-0.25, -0.2) is 0 Å². The smallest absolute Gasteiger partial charge is 0.258 e. The summed E-state index contributed by atoms with van der Waals surface area (Å²) in [6.07, 6.45) is 4.61. The van der Waals surface area contributed by atoms with Gasteiger partial charge in [0, 0.05) is 10.4 Å². The van der Waals surface area contributed by atoms with Crippen LogP contribution in [0.25, 0.3) is 0 Å². The number of benzene rings is 2. The first kappa shape index (κ1) is 18.8. The summed E-state index contributed by atoms with van der Waals surface area (Å²) in [4.78, 5) is 37.8. The van der Waals surface area contributed by atoms with Gasteiger partial charge in [0.1, 0.15) is 0 Å². The highest BCUT2D eigenvalue weighted by Crippen LogP contribution is 2.30. The van der Waals surface area contributed by atoms with E-state index in [1.54, 1.807) is 17.4 Å². The van der Waals surface area contributed by atoms with Crippen molar-refractivity contribution < 1.29 is 14.4 Å². The number of carbonyl (C=O) groups is 3. The highest BCUT2D eigenvalue weighted by molar-refractivity contribution is 7.10. The Morgan fingerprint density at radius 2 is 1.73 bits per heavy atom. The van der Waals surface area contributed by atoms with Gasteiger partial charge in [-0.2, -0.15) is 0 Å². The van der Waals surface area contributed by atoms with E-state index in [4.69, 9.17) is 0 Å². The second kappa shape index (κ2) is 7.54. The van der Waals surface area contributed by atoms with E-state index >= 15 is 0 Å². The lowest BCUT2D eigenvalue weighted by atomic mass is 9.89. The summed E-state index contributed by atoms with van der Waals surface area (Å²) < 4.78 is 0. The van der Waals surface area contributed by atoms with E-state index in [0.717, 1.165) is 23.3 Å². The molecular formula is C24H20N2O3S. The Hall–Kier alpha value is -3.25. The molecule has 5 rings (SSSR count). The van der Waals surface area contributed by atoms with Crippen LogP contribution in [0, 0.1) is 0 Å². The molecule has 150 valence electrons. The monoisotopic (exact) mass is 416 g/mol. The molecule has 1 atom stereocenters. The first-order valence-electron chi connectivity index (χ1n) is 10.1. The number of imide groups is 1. The van der Waals surface area contributed by atoms with Crippen LogP contribution in [0.5, 0.6) is 0 Å². The van der Waals surface area contributed by atoms with Gasteiger partial charge < -0.3 is 5.32 Å². The molecule has 3 amide bonds. The second-order valence-corrected chi connectivity index (χ2v) is 8.68. The molecule has 1 aliphatic heterocycles. The predicted octanol–water partition coefficient (Wildman–Crippen LogP) is 4.03. The largest absolute Gasteiger partial charge is 0.340 e. The summed E-state index contributed by atoms with van der Waals surface area (Å²) in [5.74, 6) is -1.16. The van der Waals surface area contributed by atoms with E-state index in [1.165, 1.54) is 36.1 Å². The molecule has 2 heterocycles. The second-order valence-electron chi connectivity index (χ2n) is 7.70. The highest BCUT2D eigenvalue weighted by atomic mass is 32.1. The van der Waals surface area contributed by atoms with Gasteiger partial charge in [0.15, 0.2) is 0 Å². The molecule has 1 aliphatic carbocycles. The summed E-state index contributed by atoms with van der Waals surface area (Å²) in [6, 6.07) is 14.8. The molecule has 0 radical (unpaired) electrons. The van der Waals surface area contributed by atoms with Crippen LogP contribution in [0.4, 0.5) is 0 Å². The van der Waals surface area contributed by atoms with Crippen molar-refractivity contribution in [2.45, 2.75) is 31.7 Å². The molecular weight excluding hydrogens is 396 g/mol. The number of hydrogen-bond donors (Lipinski definition) is 2. The molecule has 30 heavy (non-hydrogen) atoms. The summed E-state index contributed by atoms with van der Waals surface area (Å²) in [5.41, 5.74) is 4.73. The van der Waals surface area contributed by atoms with Crippen molar-refractivity contribution in [1.29, 1.82) is 0 Å². The molecule has 2 N–H and O–H groups in total. The third-order valence-electron chi connectivity index (χ3n) is 5.81. The maximum absolute atomic E-state index is 13.1. The number of aryl methyl sites for hydroxylation is 2. The minimum atomic E-state index is -0.464. The van der Waals surface area contributed by atoms with E-state index in [9.17, 15) is 14.4 Å². The zero-order valence-corrected chi connectivity index (χ0v) is 17.1. The zero-order valence-electron chi connectivity index (χ0n) is 16.2. The summed E-state index contributed by atoms with van der Waals surface area (Å²) in [7, 11) is 0. The molecule has 0 saturated heterocycles. The molecule has 1 unspecified atom stereocenters. The van der Waals surface area contributed by atoms with Gasteiger partial charge in [0.2, 0.25) is 0 Å². The van der Waals surface area contributed by atoms with Crippen molar-refractivity contribution in [2.24, 2.45) is 0 Å². The Bertz CT molecular complexity index is 1170. The maximum atomic E-state index is 13.1. The van der Waals surface area contributed by atoms with Crippen LogP contribution in [0.2, 0.25) is 0 Å². The van der Waals surface area contributed by atoms with Gasteiger partial charge in [0.05, 0.1) is 17.2 Å². The van der Waals surface area contributed by atoms with Crippen LogP contribution in [0.15, 0.2) is 53.9 Å². The maximum Gasteiger partial charge on any atom is 0.258 e. The lowest BCUT2D eigenvalue weighted by molar-refractivity contribution is 0.0878. The van der Waals surface area contributed by atoms with Gasteiger partial charge in [-0.05, 0) is 72.0 Å². The molecule has 3 aromatic rings. The lowest BCUT2D eigenvalue weighted by Crippen LogP contribution is -2.29. The predicted molar refractivity (Wildman–Crippen MR) is 115 cm³/mol. The number of nitrogens with one attached hydrogen (secondary N) is 2. The first-order chi connectivity index (χ1) is 14.6. The molecule has 0 bridgehead atoms. The van der Waals surface area contributed by atoms with Crippen molar-refractivity contribution in [1.82, 2.24) is 10.6 Å². The minimum absolute atomic E-state index is 0.245. The van der Waals surface area contributed by atoms with Crippen LogP contribution < -0.4 is 10.6 Å².